The fourth-order valence-electron chi connectivity index (χ4n) is 2.38. The van der Waals surface area contributed by atoms with Crippen LogP contribution in [0, 0.1) is 12.8 Å². The Balaban J connectivity index is 2.28. The molecular formula is C18H27NS. The van der Waals surface area contributed by atoms with Crippen LogP contribution in [-0.4, -0.2) is 6.54 Å². The van der Waals surface area contributed by atoms with Crippen molar-refractivity contribution >= 4 is 21.4 Å². The molecule has 2 rings (SSSR count). The van der Waals surface area contributed by atoms with Gasteiger partial charge in [0.25, 0.3) is 0 Å². The third kappa shape index (κ3) is 3.42. The molecule has 0 atom stereocenters. The summed E-state index contributed by atoms with van der Waals surface area (Å²) in [5.41, 5.74) is 3.10. The van der Waals surface area contributed by atoms with Gasteiger partial charge in [-0.05, 0) is 53.4 Å². The summed E-state index contributed by atoms with van der Waals surface area (Å²) in [5.74, 6) is 0.706. The molecular weight excluding hydrogens is 262 g/mol. The Morgan fingerprint density at radius 1 is 1.20 bits per heavy atom. The highest BCUT2D eigenvalue weighted by molar-refractivity contribution is 7.19. The maximum Gasteiger partial charge on any atom is 0.0349 e. The average Bonchev–Trinajstić information content (AvgIpc) is 2.65. The van der Waals surface area contributed by atoms with Crippen molar-refractivity contribution < 1.29 is 0 Å². The highest BCUT2D eigenvalue weighted by Crippen LogP contribution is 2.34. The Hall–Kier alpha value is -0.860. The molecule has 0 aliphatic rings. The lowest BCUT2D eigenvalue weighted by Gasteiger charge is -2.19. The highest BCUT2D eigenvalue weighted by Gasteiger charge is 2.16. The summed E-state index contributed by atoms with van der Waals surface area (Å²) in [5, 5.41) is 4.99. The molecule has 2 aromatic rings. The summed E-state index contributed by atoms with van der Waals surface area (Å²) in [4.78, 5) is 1.48. The number of hydrogen-bond acceptors (Lipinski definition) is 2. The minimum Gasteiger partial charge on any atom is -0.312 e. The van der Waals surface area contributed by atoms with Gasteiger partial charge in [-0.3, -0.25) is 0 Å². The van der Waals surface area contributed by atoms with Crippen molar-refractivity contribution in [2.45, 2.75) is 53.5 Å². The lowest BCUT2D eigenvalue weighted by atomic mass is 9.86. The van der Waals surface area contributed by atoms with Crippen LogP contribution in [0.5, 0.6) is 0 Å². The first-order chi connectivity index (χ1) is 9.29. The van der Waals surface area contributed by atoms with Crippen molar-refractivity contribution in [3.8, 4) is 0 Å². The molecule has 1 heterocycles. The van der Waals surface area contributed by atoms with Crippen LogP contribution in [0.4, 0.5) is 0 Å². The van der Waals surface area contributed by atoms with Crippen LogP contribution in [0.1, 0.15) is 50.6 Å². The van der Waals surface area contributed by atoms with Gasteiger partial charge in [0.15, 0.2) is 0 Å². The van der Waals surface area contributed by atoms with E-state index in [0.717, 1.165) is 13.1 Å². The third-order valence-corrected chi connectivity index (χ3v) is 5.01. The van der Waals surface area contributed by atoms with Crippen molar-refractivity contribution in [2.24, 2.45) is 5.92 Å². The fraction of sp³-hybridized carbons (Fsp3) is 0.556. The summed E-state index contributed by atoms with van der Waals surface area (Å²) in [6, 6.07) is 6.95. The molecule has 1 aromatic carbocycles. The molecule has 110 valence electrons. The number of nitrogens with one attached hydrogen (secondary N) is 1. The van der Waals surface area contributed by atoms with Gasteiger partial charge < -0.3 is 5.32 Å². The zero-order chi connectivity index (χ0) is 14.9. The number of rotatable bonds is 4. The normalized spacial score (nSPS) is 12.6. The van der Waals surface area contributed by atoms with E-state index < -0.39 is 0 Å². The van der Waals surface area contributed by atoms with Crippen LogP contribution in [0.2, 0.25) is 0 Å². The molecule has 1 N–H and O–H groups in total. The largest absolute Gasteiger partial charge is 0.312 e. The maximum absolute atomic E-state index is 3.56. The molecule has 0 fully saturated rings. The molecule has 0 aliphatic heterocycles. The van der Waals surface area contributed by atoms with Crippen molar-refractivity contribution in [2.75, 3.05) is 6.54 Å². The number of thiophene rings is 1. The molecule has 0 saturated carbocycles. The van der Waals surface area contributed by atoms with E-state index in [1.54, 1.807) is 0 Å². The smallest absolute Gasteiger partial charge is 0.0349 e. The van der Waals surface area contributed by atoms with Crippen molar-refractivity contribution in [3.05, 3.63) is 34.2 Å². The molecule has 0 radical (unpaired) electrons. The average molecular weight is 289 g/mol. The van der Waals surface area contributed by atoms with Gasteiger partial charge in [0.2, 0.25) is 0 Å². The van der Waals surface area contributed by atoms with E-state index >= 15 is 0 Å². The minimum absolute atomic E-state index is 0.221. The maximum atomic E-state index is 3.56. The van der Waals surface area contributed by atoms with Gasteiger partial charge in [0, 0.05) is 16.1 Å². The Bertz CT molecular complexity index is 587. The van der Waals surface area contributed by atoms with E-state index in [4.69, 9.17) is 0 Å². The first-order valence-corrected chi connectivity index (χ1v) is 8.34. The number of aryl methyl sites for hydroxylation is 1. The van der Waals surface area contributed by atoms with E-state index in [0.29, 0.717) is 5.92 Å². The zero-order valence-corrected chi connectivity index (χ0v) is 14.4. The molecule has 20 heavy (non-hydrogen) atoms. The second-order valence-corrected chi connectivity index (χ2v) is 8.27. The van der Waals surface area contributed by atoms with Gasteiger partial charge in [-0.1, -0.05) is 40.7 Å². The molecule has 0 saturated heterocycles. The Kier molecular flexibility index (Phi) is 4.55. The van der Waals surface area contributed by atoms with E-state index in [2.05, 4.69) is 65.1 Å². The van der Waals surface area contributed by atoms with Crippen LogP contribution >= 0.6 is 11.3 Å². The molecule has 0 aliphatic carbocycles. The van der Waals surface area contributed by atoms with Gasteiger partial charge in [0.1, 0.15) is 0 Å². The molecule has 1 aromatic heterocycles. The van der Waals surface area contributed by atoms with Crippen molar-refractivity contribution in [3.63, 3.8) is 0 Å². The van der Waals surface area contributed by atoms with Gasteiger partial charge in [0.05, 0.1) is 0 Å². The minimum atomic E-state index is 0.221. The second-order valence-electron chi connectivity index (χ2n) is 7.14. The molecule has 0 unspecified atom stereocenters. The first-order valence-electron chi connectivity index (χ1n) is 7.52. The topological polar surface area (TPSA) is 12.0 Å². The lowest BCUT2D eigenvalue weighted by molar-refractivity contribution is 0.554. The zero-order valence-electron chi connectivity index (χ0n) is 13.6. The SMILES string of the molecule is Cc1c(CNCC(C)C)sc2ccc(C(C)(C)C)cc12. The van der Waals surface area contributed by atoms with E-state index in [9.17, 15) is 0 Å². The van der Waals surface area contributed by atoms with Gasteiger partial charge in [-0.2, -0.15) is 0 Å². The third-order valence-electron chi connectivity index (χ3n) is 3.74. The summed E-state index contributed by atoms with van der Waals surface area (Å²) in [6.07, 6.45) is 0. The predicted octanol–water partition coefficient (Wildman–Crippen LogP) is 5.25. The summed E-state index contributed by atoms with van der Waals surface area (Å²) in [6.45, 7) is 15.7. The Labute approximate surface area is 127 Å². The molecule has 1 nitrogen and oxygen atoms in total. The Morgan fingerprint density at radius 3 is 2.50 bits per heavy atom. The predicted molar refractivity (Wildman–Crippen MR) is 91.8 cm³/mol. The van der Waals surface area contributed by atoms with Crippen LogP contribution in [0.3, 0.4) is 0 Å². The van der Waals surface area contributed by atoms with Crippen LogP contribution < -0.4 is 5.32 Å². The van der Waals surface area contributed by atoms with Gasteiger partial charge >= 0.3 is 0 Å². The summed E-state index contributed by atoms with van der Waals surface area (Å²) >= 11 is 1.93. The van der Waals surface area contributed by atoms with E-state index in [1.165, 1.54) is 26.1 Å². The Morgan fingerprint density at radius 2 is 1.90 bits per heavy atom. The monoisotopic (exact) mass is 289 g/mol. The van der Waals surface area contributed by atoms with Crippen LogP contribution in [-0.2, 0) is 12.0 Å². The van der Waals surface area contributed by atoms with Crippen LogP contribution in [0.15, 0.2) is 18.2 Å². The number of benzene rings is 1. The van der Waals surface area contributed by atoms with E-state index in [-0.39, 0.29) is 5.41 Å². The number of fused-ring (bicyclic) bond motifs is 1. The van der Waals surface area contributed by atoms with Crippen molar-refractivity contribution in [1.29, 1.82) is 0 Å². The summed E-state index contributed by atoms with van der Waals surface area (Å²) < 4.78 is 1.41. The first kappa shape index (κ1) is 15.5. The second kappa shape index (κ2) is 5.87. The standard InChI is InChI=1S/C18H27NS/c1-12(2)10-19-11-17-13(3)15-9-14(18(4,5)6)7-8-16(15)20-17/h7-9,12,19H,10-11H2,1-6H3. The highest BCUT2D eigenvalue weighted by atomic mass is 32.1. The molecule has 0 spiro atoms. The van der Waals surface area contributed by atoms with E-state index in [1.807, 2.05) is 11.3 Å². The summed E-state index contributed by atoms with van der Waals surface area (Å²) in [7, 11) is 0. The number of hydrogen-bond donors (Lipinski definition) is 1. The van der Waals surface area contributed by atoms with Crippen molar-refractivity contribution in [1.82, 2.24) is 5.32 Å². The molecule has 0 amide bonds. The molecule has 0 bridgehead atoms. The van der Waals surface area contributed by atoms with Gasteiger partial charge in [-0.15, -0.1) is 11.3 Å². The quantitative estimate of drug-likeness (QED) is 0.810. The molecule has 2 heteroatoms. The van der Waals surface area contributed by atoms with Gasteiger partial charge in [-0.25, -0.2) is 0 Å². The fourth-order valence-corrected chi connectivity index (χ4v) is 3.54. The lowest BCUT2D eigenvalue weighted by Crippen LogP contribution is -2.18. The van der Waals surface area contributed by atoms with Crippen LogP contribution in [0.25, 0.3) is 10.1 Å².